The number of para-hydroxylation sites is 1. The molecule has 2 aliphatic rings. The van der Waals surface area contributed by atoms with Crippen molar-refractivity contribution in [3.63, 3.8) is 0 Å². The molecule has 1 aliphatic carbocycles. The van der Waals surface area contributed by atoms with E-state index in [1.54, 1.807) is 0 Å². The third-order valence-corrected chi connectivity index (χ3v) is 3.38. The molecule has 0 bridgehead atoms. The van der Waals surface area contributed by atoms with Gasteiger partial charge in [0.05, 0.1) is 11.8 Å². The summed E-state index contributed by atoms with van der Waals surface area (Å²) in [7, 11) is 0. The van der Waals surface area contributed by atoms with Crippen molar-refractivity contribution >= 4 is 10.9 Å². The van der Waals surface area contributed by atoms with E-state index in [0.29, 0.717) is 6.79 Å². The van der Waals surface area contributed by atoms with E-state index in [0.717, 1.165) is 6.42 Å². The smallest absolute Gasteiger partial charge is 0.148 e. The predicted octanol–water partition coefficient (Wildman–Crippen LogP) is 2.22. The van der Waals surface area contributed by atoms with Gasteiger partial charge >= 0.3 is 0 Å². The number of aromatic nitrogens is 1. The summed E-state index contributed by atoms with van der Waals surface area (Å²) in [5.41, 5.74) is 3.65. The van der Waals surface area contributed by atoms with E-state index in [1.165, 1.54) is 22.2 Å². The zero-order valence-electron chi connectivity index (χ0n) is 8.69. The predicted molar refractivity (Wildman–Crippen MR) is 58.8 cm³/mol. The average molecular weight is 213 g/mol. The van der Waals surface area contributed by atoms with Crippen LogP contribution in [0.5, 0.6) is 0 Å². The van der Waals surface area contributed by atoms with Crippen LogP contribution in [0.1, 0.15) is 17.4 Å². The Bertz CT molecular complexity index is 546. The van der Waals surface area contributed by atoms with Crippen molar-refractivity contribution in [3.05, 3.63) is 41.9 Å². The summed E-state index contributed by atoms with van der Waals surface area (Å²) in [6.45, 7) is 0.372. The Morgan fingerprint density at radius 3 is 3.19 bits per heavy atom. The third kappa shape index (κ3) is 1.05. The van der Waals surface area contributed by atoms with Gasteiger partial charge in [-0.05, 0) is 18.1 Å². The monoisotopic (exact) mass is 213 g/mol. The number of benzene rings is 1. The van der Waals surface area contributed by atoms with Crippen molar-refractivity contribution in [2.45, 2.75) is 18.6 Å². The normalized spacial score (nSPS) is 28.0. The fraction of sp³-hybridized carbons (Fsp3) is 0.308. The van der Waals surface area contributed by atoms with Crippen molar-refractivity contribution in [2.24, 2.45) is 0 Å². The lowest BCUT2D eigenvalue weighted by molar-refractivity contribution is 0.0416. The van der Waals surface area contributed by atoms with E-state index in [4.69, 9.17) is 9.47 Å². The van der Waals surface area contributed by atoms with Crippen LogP contribution >= 0.6 is 0 Å². The largest absolute Gasteiger partial charge is 0.356 e. The number of hydrogen-bond donors (Lipinski definition) is 1. The number of H-pyrrole nitrogens is 1. The van der Waals surface area contributed by atoms with Crippen LogP contribution in [0.2, 0.25) is 0 Å². The van der Waals surface area contributed by atoms with Gasteiger partial charge in [0.1, 0.15) is 12.9 Å². The van der Waals surface area contributed by atoms with Gasteiger partial charge in [-0.25, -0.2) is 0 Å². The SMILES string of the molecule is [C]1Cc2c([nH]c3ccccc23)C2OCOC12. The van der Waals surface area contributed by atoms with Crippen LogP contribution in [-0.4, -0.2) is 17.9 Å². The summed E-state index contributed by atoms with van der Waals surface area (Å²) < 4.78 is 11.1. The Morgan fingerprint density at radius 2 is 2.19 bits per heavy atom. The van der Waals surface area contributed by atoms with Gasteiger partial charge in [-0.2, -0.15) is 0 Å². The minimum absolute atomic E-state index is 0.000521. The van der Waals surface area contributed by atoms with E-state index in [-0.39, 0.29) is 12.2 Å². The molecule has 0 saturated carbocycles. The number of nitrogens with one attached hydrogen (secondary N) is 1. The molecule has 3 heteroatoms. The van der Waals surface area contributed by atoms with E-state index < -0.39 is 0 Å². The molecule has 1 aromatic heterocycles. The van der Waals surface area contributed by atoms with Crippen LogP contribution in [0.4, 0.5) is 0 Å². The molecular formula is C13H11NO2. The molecule has 1 saturated heterocycles. The first-order valence-electron chi connectivity index (χ1n) is 5.49. The lowest BCUT2D eigenvalue weighted by atomic mass is 9.91. The van der Waals surface area contributed by atoms with Gasteiger partial charge in [0.15, 0.2) is 0 Å². The summed E-state index contributed by atoms with van der Waals surface area (Å²) in [6.07, 6.45) is 4.20. The molecule has 0 amide bonds. The number of rotatable bonds is 0. The van der Waals surface area contributed by atoms with Crippen molar-refractivity contribution in [3.8, 4) is 0 Å². The van der Waals surface area contributed by atoms with E-state index >= 15 is 0 Å². The maximum atomic E-state index is 5.60. The van der Waals surface area contributed by atoms with Gasteiger partial charge in [0, 0.05) is 17.3 Å². The summed E-state index contributed by atoms with van der Waals surface area (Å²) >= 11 is 0. The molecule has 2 unspecified atom stereocenters. The first-order chi connectivity index (χ1) is 7.93. The minimum atomic E-state index is 0.000521. The van der Waals surface area contributed by atoms with Gasteiger partial charge in [0.25, 0.3) is 0 Å². The minimum Gasteiger partial charge on any atom is -0.356 e. The Morgan fingerprint density at radius 1 is 1.25 bits per heavy atom. The molecule has 2 aromatic rings. The molecule has 80 valence electrons. The van der Waals surface area contributed by atoms with Gasteiger partial charge in [-0.3, -0.25) is 0 Å². The van der Waals surface area contributed by atoms with Gasteiger partial charge in [-0.15, -0.1) is 0 Å². The van der Waals surface area contributed by atoms with Crippen molar-refractivity contribution < 1.29 is 9.47 Å². The van der Waals surface area contributed by atoms with Crippen LogP contribution < -0.4 is 0 Å². The lowest BCUT2D eigenvalue weighted by Crippen LogP contribution is -2.22. The molecule has 2 heterocycles. The fourth-order valence-electron chi connectivity index (χ4n) is 2.62. The van der Waals surface area contributed by atoms with Crippen molar-refractivity contribution in [1.82, 2.24) is 4.98 Å². The van der Waals surface area contributed by atoms with Crippen LogP contribution in [0.25, 0.3) is 10.9 Å². The first-order valence-corrected chi connectivity index (χ1v) is 5.49. The number of aromatic amines is 1. The lowest BCUT2D eigenvalue weighted by Gasteiger charge is -2.22. The summed E-state index contributed by atoms with van der Waals surface area (Å²) in [5, 5.41) is 1.28. The van der Waals surface area contributed by atoms with Crippen LogP contribution in [0.15, 0.2) is 24.3 Å². The maximum absolute atomic E-state index is 5.60. The number of fused-ring (bicyclic) bond motifs is 5. The zero-order valence-corrected chi connectivity index (χ0v) is 8.69. The van der Waals surface area contributed by atoms with Crippen molar-refractivity contribution in [1.29, 1.82) is 0 Å². The van der Waals surface area contributed by atoms with Gasteiger partial charge in [-0.1, -0.05) is 18.2 Å². The van der Waals surface area contributed by atoms with Crippen molar-refractivity contribution in [2.75, 3.05) is 6.79 Å². The quantitative estimate of drug-likeness (QED) is 0.728. The average Bonchev–Trinajstić information content (AvgIpc) is 2.92. The Labute approximate surface area is 93.4 Å². The fourth-order valence-corrected chi connectivity index (χ4v) is 2.62. The molecule has 2 radical (unpaired) electrons. The highest BCUT2D eigenvalue weighted by atomic mass is 16.7. The van der Waals surface area contributed by atoms with E-state index in [9.17, 15) is 0 Å². The molecular weight excluding hydrogens is 202 g/mol. The Hall–Kier alpha value is -1.32. The third-order valence-electron chi connectivity index (χ3n) is 3.38. The van der Waals surface area contributed by atoms with E-state index in [1.807, 2.05) is 6.07 Å². The van der Waals surface area contributed by atoms with Gasteiger partial charge in [0.2, 0.25) is 0 Å². The molecule has 0 spiro atoms. The molecule has 1 aromatic carbocycles. The van der Waals surface area contributed by atoms with Crippen LogP contribution in [0, 0.1) is 6.42 Å². The molecule has 1 N–H and O–H groups in total. The first kappa shape index (κ1) is 8.79. The number of hydrogen-bond acceptors (Lipinski definition) is 2. The highest BCUT2D eigenvalue weighted by Gasteiger charge is 2.37. The Kier molecular flexibility index (Phi) is 1.70. The molecule has 1 aliphatic heterocycles. The number of ether oxygens (including phenoxy) is 2. The summed E-state index contributed by atoms with van der Waals surface area (Å²) in [6, 6.07) is 8.34. The highest BCUT2D eigenvalue weighted by molar-refractivity contribution is 5.85. The van der Waals surface area contributed by atoms with Crippen LogP contribution in [0.3, 0.4) is 0 Å². The Balaban J connectivity index is 1.96. The molecule has 4 rings (SSSR count). The molecule has 16 heavy (non-hydrogen) atoms. The molecule has 3 nitrogen and oxygen atoms in total. The highest BCUT2D eigenvalue weighted by Crippen LogP contribution is 2.40. The maximum Gasteiger partial charge on any atom is 0.148 e. The zero-order chi connectivity index (χ0) is 10.5. The second-order valence-corrected chi connectivity index (χ2v) is 4.24. The van der Waals surface area contributed by atoms with Crippen LogP contribution in [-0.2, 0) is 15.9 Å². The molecule has 1 fully saturated rings. The second-order valence-electron chi connectivity index (χ2n) is 4.24. The molecule has 2 atom stereocenters. The van der Waals surface area contributed by atoms with Gasteiger partial charge < -0.3 is 14.5 Å². The summed E-state index contributed by atoms with van der Waals surface area (Å²) in [4.78, 5) is 3.44. The standard InChI is InChI=1S/C13H11NO2/c1-2-4-10-8(3-1)9-5-6-11-13(12(9)14-10)16-7-15-11/h1-4,11,13-14H,5,7H2. The van der Waals surface area contributed by atoms with E-state index in [2.05, 4.69) is 29.6 Å². The second kappa shape index (κ2) is 3.09. The topological polar surface area (TPSA) is 34.2 Å². The summed E-state index contributed by atoms with van der Waals surface area (Å²) in [5.74, 6) is 0.